The molecule has 0 unspecified atom stereocenters. The zero-order chi connectivity index (χ0) is 28.8. The minimum atomic E-state index is -0.571. The maximum Gasteiger partial charge on any atom is 0.255 e. The Labute approximate surface area is 242 Å². The average Bonchev–Trinajstić information content (AvgIpc) is 3.03. The molecule has 1 amide bonds. The Morgan fingerprint density at radius 3 is 2.10 bits per heavy atom. The summed E-state index contributed by atoms with van der Waals surface area (Å²) in [5.41, 5.74) is 5.38. The molecule has 0 spiro atoms. The van der Waals surface area contributed by atoms with Crippen LogP contribution in [0.2, 0.25) is 0 Å². The third-order valence-electron chi connectivity index (χ3n) is 8.01. The van der Waals surface area contributed by atoms with Crippen LogP contribution in [0, 0.1) is 5.92 Å². The second-order valence-electron chi connectivity index (χ2n) is 10.8. The fourth-order valence-electron chi connectivity index (χ4n) is 5.27. The van der Waals surface area contributed by atoms with Crippen molar-refractivity contribution >= 4 is 11.6 Å². The Bertz CT molecular complexity index is 1390. The first-order valence-electron chi connectivity index (χ1n) is 14.1. The van der Waals surface area contributed by atoms with Gasteiger partial charge in [-0.15, -0.1) is 0 Å². The molecule has 5 rings (SSSR count). The van der Waals surface area contributed by atoms with Crippen LogP contribution in [0.1, 0.15) is 64.9 Å². The van der Waals surface area contributed by atoms with E-state index in [1.165, 1.54) is 5.56 Å². The molecule has 1 heterocycles. The van der Waals surface area contributed by atoms with Gasteiger partial charge in [-0.25, -0.2) is 0 Å². The molecule has 1 aliphatic heterocycles. The summed E-state index contributed by atoms with van der Waals surface area (Å²) in [7, 11) is 2.13. The molecule has 4 aromatic carbocycles. The number of anilines is 1. The smallest absolute Gasteiger partial charge is 0.255 e. The van der Waals surface area contributed by atoms with Crippen molar-refractivity contribution in [2.75, 3.05) is 18.9 Å². The van der Waals surface area contributed by atoms with Crippen molar-refractivity contribution in [3.05, 3.63) is 137 Å². The number of nitrogens with one attached hydrogen (secondary N) is 1. The topological polar surface area (TPSA) is 71.0 Å². The molecule has 41 heavy (non-hydrogen) atoms. The summed E-state index contributed by atoms with van der Waals surface area (Å²) < 4.78 is 13.2. The van der Waals surface area contributed by atoms with Gasteiger partial charge in [-0.05, 0) is 54.9 Å². The van der Waals surface area contributed by atoms with Gasteiger partial charge in [0.1, 0.15) is 0 Å². The lowest BCUT2D eigenvalue weighted by Gasteiger charge is -2.43. The van der Waals surface area contributed by atoms with E-state index in [0.29, 0.717) is 11.3 Å². The second-order valence-corrected chi connectivity index (χ2v) is 10.8. The lowest BCUT2D eigenvalue weighted by molar-refractivity contribution is -0.276. The molecule has 212 valence electrons. The quantitative estimate of drug-likeness (QED) is 0.237. The third-order valence-corrected chi connectivity index (χ3v) is 8.01. The van der Waals surface area contributed by atoms with Gasteiger partial charge in [0.15, 0.2) is 6.29 Å². The van der Waals surface area contributed by atoms with Crippen LogP contribution in [0.5, 0.6) is 0 Å². The number of amides is 1. The van der Waals surface area contributed by atoms with Crippen molar-refractivity contribution in [1.29, 1.82) is 0 Å². The molecule has 1 saturated heterocycles. The molecule has 4 aromatic rings. The van der Waals surface area contributed by atoms with Crippen LogP contribution in [0.4, 0.5) is 5.69 Å². The van der Waals surface area contributed by atoms with Crippen molar-refractivity contribution in [1.82, 2.24) is 4.90 Å². The number of aliphatic hydroxyl groups excluding tert-OH is 1. The first kappa shape index (κ1) is 28.7. The van der Waals surface area contributed by atoms with Gasteiger partial charge in [0, 0.05) is 35.3 Å². The molecule has 0 bridgehead atoms. The Balaban J connectivity index is 1.36. The molecule has 2 N–H and O–H groups in total. The zero-order valence-corrected chi connectivity index (χ0v) is 23.8. The highest BCUT2D eigenvalue weighted by molar-refractivity contribution is 6.04. The van der Waals surface area contributed by atoms with Crippen molar-refractivity contribution in [3.8, 4) is 0 Å². The van der Waals surface area contributed by atoms with E-state index in [1.807, 2.05) is 72.8 Å². The number of hydrogen-bond acceptors (Lipinski definition) is 5. The lowest BCUT2D eigenvalue weighted by atomic mass is 9.89. The molecule has 0 aliphatic carbocycles. The molecule has 6 heteroatoms. The summed E-state index contributed by atoms with van der Waals surface area (Å²) in [6.45, 7) is 5.12. The number of carbonyl (C=O) groups is 1. The van der Waals surface area contributed by atoms with E-state index in [9.17, 15) is 9.90 Å². The number of likely N-dealkylation sites (N-methyl/N-ethyl adjacent to an activating group) is 1. The van der Waals surface area contributed by atoms with Gasteiger partial charge in [0.05, 0.1) is 18.8 Å². The number of benzene rings is 4. The van der Waals surface area contributed by atoms with E-state index in [4.69, 9.17) is 9.47 Å². The number of rotatable bonds is 9. The van der Waals surface area contributed by atoms with Crippen LogP contribution in [0.25, 0.3) is 0 Å². The average molecular weight is 551 g/mol. The Morgan fingerprint density at radius 2 is 1.46 bits per heavy atom. The van der Waals surface area contributed by atoms with Crippen molar-refractivity contribution < 1.29 is 19.4 Å². The van der Waals surface area contributed by atoms with Gasteiger partial charge in [0.25, 0.3) is 5.91 Å². The highest BCUT2D eigenvalue weighted by atomic mass is 16.7. The number of carbonyl (C=O) groups excluding carboxylic acids is 1. The maximum absolute atomic E-state index is 12.6. The van der Waals surface area contributed by atoms with E-state index >= 15 is 0 Å². The minimum absolute atomic E-state index is 0.00501. The van der Waals surface area contributed by atoms with Crippen molar-refractivity contribution in [2.45, 2.75) is 45.0 Å². The second kappa shape index (κ2) is 13.2. The molecule has 5 atom stereocenters. The van der Waals surface area contributed by atoms with Crippen LogP contribution < -0.4 is 5.32 Å². The zero-order valence-electron chi connectivity index (χ0n) is 23.8. The summed E-state index contributed by atoms with van der Waals surface area (Å²) in [5.74, 6) is -0.0690. The molecular weight excluding hydrogens is 512 g/mol. The predicted octanol–water partition coefficient (Wildman–Crippen LogP) is 6.92. The molecule has 6 nitrogen and oxygen atoms in total. The van der Waals surface area contributed by atoms with Crippen molar-refractivity contribution in [3.63, 3.8) is 0 Å². The Kier molecular flexibility index (Phi) is 9.27. The van der Waals surface area contributed by atoms with Crippen LogP contribution >= 0.6 is 0 Å². The van der Waals surface area contributed by atoms with Gasteiger partial charge in [-0.2, -0.15) is 0 Å². The molecule has 1 fully saturated rings. The number of hydrogen-bond donors (Lipinski definition) is 2. The van der Waals surface area contributed by atoms with E-state index in [-0.39, 0.29) is 36.7 Å². The summed E-state index contributed by atoms with van der Waals surface area (Å²) in [6, 6.07) is 35.5. The van der Waals surface area contributed by atoms with E-state index in [1.54, 1.807) is 12.1 Å². The van der Waals surface area contributed by atoms with E-state index in [2.05, 4.69) is 55.4 Å². The first-order chi connectivity index (χ1) is 19.9. The predicted molar refractivity (Wildman–Crippen MR) is 161 cm³/mol. The Morgan fingerprint density at radius 1 is 0.854 bits per heavy atom. The summed E-state index contributed by atoms with van der Waals surface area (Å²) in [4.78, 5) is 14.9. The van der Waals surface area contributed by atoms with Crippen LogP contribution in [0.15, 0.2) is 109 Å². The van der Waals surface area contributed by atoms with Crippen LogP contribution in [0.3, 0.4) is 0 Å². The highest BCUT2D eigenvalue weighted by Crippen LogP contribution is 2.42. The van der Waals surface area contributed by atoms with Gasteiger partial charge in [-0.3, -0.25) is 9.69 Å². The Hall–Kier alpha value is -3.81. The normalized spacial score (nSPS) is 21.4. The molecule has 0 aromatic heterocycles. The fraction of sp³-hybridized carbons (Fsp3) is 0.286. The van der Waals surface area contributed by atoms with Crippen LogP contribution in [-0.2, 0) is 16.1 Å². The van der Waals surface area contributed by atoms with E-state index in [0.717, 1.165) is 23.2 Å². The van der Waals surface area contributed by atoms with E-state index < -0.39 is 6.29 Å². The maximum atomic E-state index is 12.6. The SMILES string of the molecule is C[C@@H]1[C@H](CN(C)[C@@H](C)c2ccccc2)O[C@H](c2ccc(NC(=O)c3ccccc3)cc2)O[C@@H]1c1ccc(CO)cc1. The highest BCUT2D eigenvalue weighted by Gasteiger charge is 2.39. The van der Waals surface area contributed by atoms with Gasteiger partial charge in [-0.1, -0.05) is 91.9 Å². The van der Waals surface area contributed by atoms with Gasteiger partial charge in [0.2, 0.25) is 0 Å². The van der Waals surface area contributed by atoms with Crippen LogP contribution in [-0.4, -0.2) is 35.6 Å². The molecule has 1 aliphatic rings. The minimum Gasteiger partial charge on any atom is -0.392 e. The summed E-state index contributed by atoms with van der Waals surface area (Å²) in [5, 5.41) is 12.5. The molecule has 0 saturated carbocycles. The molecule has 0 radical (unpaired) electrons. The number of ether oxygens (including phenoxy) is 2. The third kappa shape index (κ3) is 6.92. The standard InChI is InChI=1S/C35H38N2O4/c1-24-32(22-37(3)25(2)27-10-6-4-7-11-27)40-35(41-33(24)28-16-14-26(23-38)15-17-28)30-18-20-31(21-19-30)36-34(39)29-12-8-5-9-13-29/h4-21,24-25,32-33,35,38H,22-23H2,1-3H3,(H,36,39)/t24-,25+,32+,33+,35+/m1/s1. The fourth-order valence-corrected chi connectivity index (χ4v) is 5.27. The molecular formula is C35H38N2O4. The van der Waals surface area contributed by atoms with Gasteiger partial charge < -0.3 is 19.9 Å². The number of nitrogens with zero attached hydrogens (tertiary/aromatic N) is 1. The number of aliphatic hydroxyl groups is 1. The summed E-state index contributed by atoms with van der Waals surface area (Å²) in [6.07, 6.45) is -0.854. The monoisotopic (exact) mass is 550 g/mol. The first-order valence-corrected chi connectivity index (χ1v) is 14.1. The largest absolute Gasteiger partial charge is 0.392 e. The summed E-state index contributed by atoms with van der Waals surface area (Å²) >= 11 is 0. The van der Waals surface area contributed by atoms with Gasteiger partial charge >= 0.3 is 0 Å². The lowest BCUT2D eigenvalue weighted by Crippen LogP contribution is -2.44. The van der Waals surface area contributed by atoms with Crippen molar-refractivity contribution in [2.24, 2.45) is 5.92 Å².